The Kier molecular flexibility index (Phi) is 10.6. The van der Waals surface area contributed by atoms with Crippen molar-refractivity contribution in [2.45, 2.75) is 4.90 Å². The second-order valence-electron chi connectivity index (χ2n) is 9.85. The summed E-state index contributed by atoms with van der Waals surface area (Å²) in [5.41, 5.74) is 1.37. The maximum atomic E-state index is 13.3. The van der Waals surface area contributed by atoms with Gasteiger partial charge in [-0.05, 0) is 48.5 Å². The van der Waals surface area contributed by atoms with Gasteiger partial charge >= 0.3 is 0 Å². The molecule has 1 heterocycles. The molecule has 240 valence electrons. The fourth-order valence-electron chi connectivity index (χ4n) is 4.25. The predicted molar refractivity (Wildman–Crippen MR) is 184 cm³/mol. The number of benzene rings is 4. The maximum Gasteiger partial charge on any atom is 0.276 e. The molecule has 0 saturated carbocycles. The average molecular weight is 681 g/mol. The number of rotatable bonds is 12. The lowest BCUT2D eigenvalue weighted by Gasteiger charge is -2.12. The van der Waals surface area contributed by atoms with E-state index in [1.54, 1.807) is 78.2 Å². The number of non-ortho nitro benzene ring substituents is 1. The van der Waals surface area contributed by atoms with Crippen molar-refractivity contribution in [3.8, 4) is 11.3 Å². The number of carbonyl (C=O) groups excluding carboxylic acids is 3. The van der Waals surface area contributed by atoms with Crippen molar-refractivity contribution in [2.75, 3.05) is 16.4 Å². The SMILES string of the molecule is O=C(CSc1ccc(NC(=O)/C(=C/c2ccccc2[N+](=O)[O-])NC(=O)c2ccccc2)cc1)Nc1nc(-c2cccc([N+](=O)[O-])c2)cs1. The van der Waals surface area contributed by atoms with Crippen LogP contribution in [0.4, 0.5) is 22.2 Å². The minimum Gasteiger partial charge on any atom is -0.321 e. The third-order valence-corrected chi connectivity index (χ3v) is 8.32. The fraction of sp³-hybridized carbons (Fsp3) is 0.0303. The average Bonchev–Trinajstić information content (AvgIpc) is 3.56. The van der Waals surface area contributed by atoms with Crippen LogP contribution in [-0.4, -0.2) is 38.3 Å². The predicted octanol–water partition coefficient (Wildman–Crippen LogP) is 6.77. The molecule has 0 bridgehead atoms. The molecule has 5 aromatic rings. The van der Waals surface area contributed by atoms with Gasteiger partial charge in [0.25, 0.3) is 23.2 Å². The van der Waals surface area contributed by atoms with Crippen molar-refractivity contribution < 1.29 is 24.2 Å². The van der Waals surface area contributed by atoms with Gasteiger partial charge in [-0.25, -0.2) is 4.98 Å². The Morgan fingerprint density at radius 3 is 2.29 bits per heavy atom. The molecule has 0 aliphatic carbocycles. The lowest BCUT2D eigenvalue weighted by molar-refractivity contribution is -0.385. The van der Waals surface area contributed by atoms with Crippen molar-refractivity contribution in [1.29, 1.82) is 0 Å². The number of thioether (sulfide) groups is 1. The summed E-state index contributed by atoms with van der Waals surface area (Å²) >= 11 is 2.44. The van der Waals surface area contributed by atoms with Crippen LogP contribution in [0, 0.1) is 20.2 Å². The number of hydrogen-bond acceptors (Lipinski definition) is 10. The molecular weight excluding hydrogens is 657 g/mol. The molecular formula is C33H24N6O7S2. The number of thiazole rings is 1. The van der Waals surface area contributed by atoms with Gasteiger partial charge < -0.3 is 16.0 Å². The highest BCUT2D eigenvalue weighted by molar-refractivity contribution is 8.00. The molecule has 15 heteroatoms. The van der Waals surface area contributed by atoms with E-state index in [1.165, 1.54) is 59.5 Å². The number of nitrogens with one attached hydrogen (secondary N) is 3. The molecule has 3 N–H and O–H groups in total. The van der Waals surface area contributed by atoms with Gasteiger partial charge in [-0.2, -0.15) is 0 Å². The number of anilines is 2. The number of amides is 3. The van der Waals surface area contributed by atoms with E-state index in [0.29, 0.717) is 27.6 Å². The lowest BCUT2D eigenvalue weighted by atomic mass is 10.1. The molecule has 13 nitrogen and oxygen atoms in total. The first kappa shape index (κ1) is 33.2. The summed E-state index contributed by atoms with van der Waals surface area (Å²) in [6, 6.07) is 26.8. The normalized spacial score (nSPS) is 11.0. The monoisotopic (exact) mass is 680 g/mol. The molecule has 0 atom stereocenters. The van der Waals surface area contributed by atoms with E-state index in [1.807, 2.05) is 0 Å². The standard InChI is InChI=1S/C33H24N6O7S2/c40-30(37-33-36-28(19-48-33)22-10-6-11-25(17-22)38(43)44)20-47-26-15-13-24(14-16-26)34-32(42)27(35-31(41)21-7-2-1-3-8-21)18-23-9-4-5-12-29(23)39(45)46/h1-19H,20H2,(H,34,42)(H,35,41)(H,36,37,40)/b27-18-. The molecule has 0 aliphatic heterocycles. The van der Waals surface area contributed by atoms with Crippen molar-refractivity contribution in [3.05, 3.63) is 146 Å². The van der Waals surface area contributed by atoms with Gasteiger partial charge in [-0.3, -0.25) is 34.6 Å². The molecule has 0 aliphatic rings. The van der Waals surface area contributed by atoms with E-state index in [9.17, 15) is 34.6 Å². The molecule has 1 aromatic heterocycles. The highest BCUT2D eigenvalue weighted by atomic mass is 32.2. The van der Waals surface area contributed by atoms with E-state index in [4.69, 9.17) is 0 Å². The van der Waals surface area contributed by atoms with E-state index in [2.05, 4.69) is 20.9 Å². The van der Waals surface area contributed by atoms with Crippen LogP contribution >= 0.6 is 23.1 Å². The van der Waals surface area contributed by atoms with Crippen LogP contribution in [0.25, 0.3) is 17.3 Å². The van der Waals surface area contributed by atoms with E-state index >= 15 is 0 Å². The molecule has 0 unspecified atom stereocenters. The van der Waals surface area contributed by atoms with Crippen molar-refractivity contribution in [3.63, 3.8) is 0 Å². The Balaban J connectivity index is 1.21. The number of carbonyl (C=O) groups is 3. The second kappa shape index (κ2) is 15.4. The molecule has 3 amide bonds. The molecule has 4 aromatic carbocycles. The van der Waals surface area contributed by atoms with Crippen LogP contribution in [0.2, 0.25) is 0 Å². The highest BCUT2D eigenvalue weighted by Crippen LogP contribution is 2.28. The van der Waals surface area contributed by atoms with Gasteiger partial charge in [0, 0.05) is 45.3 Å². The van der Waals surface area contributed by atoms with Gasteiger partial charge in [0.05, 0.1) is 26.9 Å². The second-order valence-corrected chi connectivity index (χ2v) is 11.8. The molecule has 0 saturated heterocycles. The Morgan fingerprint density at radius 2 is 1.56 bits per heavy atom. The van der Waals surface area contributed by atoms with Gasteiger partial charge in [-0.1, -0.05) is 42.5 Å². The first-order valence-corrected chi connectivity index (χ1v) is 15.9. The Morgan fingerprint density at radius 1 is 0.833 bits per heavy atom. The quantitative estimate of drug-likeness (QED) is 0.0553. The summed E-state index contributed by atoms with van der Waals surface area (Å²) in [4.78, 5) is 65.4. The summed E-state index contributed by atoms with van der Waals surface area (Å²) in [6.45, 7) is 0. The lowest BCUT2D eigenvalue weighted by Crippen LogP contribution is -2.30. The van der Waals surface area contributed by atoms with E-state index < -0.39 is 21.7 Å². The van der Waals surface area contributed by atoms with Crippen LogP contribution in [-0.2, 0) is 9.59 Å². The molecule has 0 fully saturated rings. The van der Waals surface area contributed by atoms with Crippen molar-refractivity contribution in [2.24, 2.45) is 0 Å². The van der Waals surface area contributed by atoms with Crippen molar-refractivity contribution in [1.82, 2.24) is 10.3 Å². The zero-order chi connectivity index (χ0) is 34.0. The number of para-hydroxylation sites is 1. The number of nitro benzene ring substituents is 2. The van der Waals surface area contributed by atoms with Crippen molar-refractivity contribution >= 4 is 69.1 Å². The Hall–Kier alpha value is -6.19. The number of aromatic nitrogens is 1. The minimum absolute atomic E-state index is 0.0572. The molecule has 5 rings (SSSR count). The van der Waals surface area contributed by atoms with E-state index in [-0.39, 0.29) is 34.3 Å². The van der Waals surface area contributed by atoms with Crippen LogP contribution in [0.15, 0.2) is 119 Å². The summed E-state index contributed by atoms with van der Waals surface area (Å²) in [6.07, 6.45) is 1.24. The summed E-state index contributed by atoms with van der Waals surface area (Å²) < 4.78 is 0. The Bertz CT molecular complexity index is 2030. The summed E-state index contributed by atoms with van der Waals surface area (Å²) in [5.74, 6) is -1.52. The van der Waals surface area contributed by atoms with Crippen LogP contribution < -0.4 is 16.0 Å². The van der Waals surface area contributed by atoms with Crippen LogP contribution in [0.1, 0.15) is 15.9 Å². The third kappa shape index (κ3) is 8.74. The molecule has 0 radical (unpaired) electrons. The number of nitrogens with zero attached hydrogens (tertiary/aromatic N) is 3. The summed E-state index contributed by atoms with van der Waals surface area (Å²) in [7, 11) is 0. The summed E-state index contributed by atoms with van der Waals surface area (Å²) in [5, 5.41) is 32.6. The van der Waals surface area contributed by atoms with Gasteiger partial charge in [-0.15, -0.1) is 23.1 Å². The number of hydrogen-bond donors (Lipinski definition) is 3. The van der Waals surface area contributed by atoms with Crippen LogP contribution in [0.5, 0.6) is 0 Å². The molecule has 48 heavy (non-hydrogen) atoms. The highest BCUT2D eigenvalue weighted by Gasteiger charge is 2.19. The Labute approximate surface area is 281 Å². The maximum absolute atomic E-state index is 13.3. The zero-order valence-corrected chi connectivity index (χ0v) is 26.3. The minimum atomic E-state index is -0.704. The van der Waals surface area contributed by atoms with E-state index in [0.717, 1.165) is 4.90 Å². The van der Waals surface area contributed by atoms with Gasteiger partial charge in [0.15, 0.2) is 5.13 Å². The fourth-order valence-corrected chi connectivity index (χ4v) is 5.69. The van der Waals surface area contributed by atoms with Gasteiger partial charge in [0.2, 0.25) is 5.91 Å². The first-order chi connectivity index (χ1) is 23.2. The largest absolute Gasteiger partial charge is 0.321 e. The van der Waals surface area contributed by atoms with Crippen LogP contribution in [0.3, 0.4) is 0 Å². The number of nitro groups is 2. The smallest absolute Gasteiger partial charge is 0.276 e. The molecule has 0 spiro atoms. The topological polar surface area (TPSA) is 186 Å². The first-order valence-electron chi connectivity index (χ1n) is 14.0. The third-order valence-electron chi connectivity index (χ3n) is 6.55. The zero-order valence-electron chi connectivity index (χ0n) is 24.7. The van der Waals surface area contributed by atoms with Gasteiger partial charge in [0.1, 0.15) is 5.70 Å².